The summed E-state index contributed by atoms with van der Waals surface area (Å²) in [5.41, 5.74) is 5.42. The summed E-state index contributed by atoms with van der Waals surface area (Å²) in [6.45, 7) is 1.89. The van der Waals surface area contributed by atoms with Gasteiger partial charge < -0.3 is 10.1 Å². The number of aryl methyl sites for hydroxylation is 1. The Morgan fingerprint density at radius 2 is 1.44 bits per heavy atom. The zero-order chi connectivity index (χ0) is 25.3. The third kappa shape index (κ3) is 6.09. The summed E-state index contributed by atoms with van der Waals surface area (Å²) >= 11 is 0. The monoisotopic (exact) mass is 477 g/mol. The molecule has 0 fully saturated rings. The molecule has 4 aromatic rings. The Hall–Kier alpha value is -5.04. The van der Waals surface area contributed by atoms with E-state index in [1.165, 1.54) is 6.21 Å². The second-order valence-corrected chi connectivity index (χ2v) is 7.86. The first kappa shape index (κ1) is 24.1. The Bertz CT molecular complexity index is 1430. The lowest BCUT2D eigenvalue weighted by molar-refractivity contribution is 0.0733. The first-order valence-electron chi connectivity index (χ1n) is 11.2. The van der Waals surface area contributed by atoms with Gasteiger partial charge in [-0.15, -0.1) is 0 Å². The topological polar surface area (TPSA) is 96.9 Å². The van der Waals surface area contributed by atoms with Crippen molar-refractivity contribution in [1.82, 2.24) is 5.43 Å². The summed E-state index contributed by atoms with van der Waals surface area (Å²) in [5, 5.41) is 6.78. The maximum absolute atomic E-state index is 12.8. The lowest BCUT2D eigenvalue weighted by Gasteiger charge is -2.10. The highest BCUT2D eigenvalue weighted by atomic mass is 16.5. The second-order valence-electron chi connectivity index (χ2n) is 7.86. The van der Waals surface area contributed by atoms with Gasteiger partial charge in [-0.05, 0) is 55.5 Å². The zero-order valence-electron chi connectivity index (χ0n) is 19.5. The minimum absolute atomic E-state index is 0.248. The number of rotatable bonds is 7. The Labute approximate surface area is 208 Å². The van der Waals surface area contributed by atoms with Crippen molar-refractivity contribution >= 4 is 29.7 Å². The molecule has 0 aliphatic rings. The van der Waals surface area contributed by atoms with Gasteiger partial charge in [0.2, 0.25) is 0 Å². The maximum atomic E-state index is 12.8. The second kappa shape index (κ2) is 11.4. The Balaban J connectivity index is 1.45. The highest BCUT2D eigenvalue weighted by Gasteiger charge is 2.14. The maximum Gasteiger partial charge on any atom is 0.343 e. The molecule has 0 saturated heterocycles. The van der Waals surface area contributed by atoms with Crippen LogP contribution >= 0.6 is 0 Å². The molecule has 0 unspecified atom stereocenters. The van der Waals surface area contributed by atoms with Crippen LogP contribution < -0.4 is 15.5 Å². The Kier molecular flexibility index (Phi) is 7.63. The van der Waals surface area contributed by atoms with E-state index < -0.39 is 11.9 Å². The van der Waals surface area contributed by atoms with E-state index >= 15 is 0 Å². The van der Waals surface area contributed by atoms with Crippen molar-refractivity contribution in [1.29, 1.82) is 0 Å². The van der Waals surface area contributed by atoms with Gasteiger partial charge in [0.25, 0.3) is 11.8 Å². The van der Waals surface area contributed by atoms with Crippen molar-refractivity contribution in [3.8, 4) is 5.75 Å². The SMILES string of the molecule is Cc1cccc(C(=O)Oc2ccccc2/C=N\NC(=O)c2ccccc2NC(=O)c2ccccc2)c1. The average molecular weight is 478 g/mol. The first-order valence-corrected chi connectivity index (χ1v) is 11.2. The fourth-order valence-electron chi connectivity index (χ4n) is 3.41. The number of nitrogens with zero attached hydrogens (tertiary/aromatic N) is 1. The van der Waals surface area contributed by atoms with Crippen molar-refractivity contribution < 1.29 is 19.1 Å². The van der Waals surface area contributed by atoms with Crippen LogP contribution in [0.25, 0.3) is 0 Å². The number of hydrogen-bond acceptors (Lipinski definition) is 5. The van der Waals surface area contributed by atoms with Crippen LogP contribution in [0, 0.1) is 6.92 Å². The lowest BCUT2D eigenvalue weighted by atomic mass is 10.1. The van der Waals surface area contributed by atoms with Crippen LogP contribution in [0.4, 0.5) is 5.69 Å². The number of benzene rings is 4. The van der Waals surface area contributed by atoms with Gasteiger partial charge in [0.05, 0.1) is 23.0 Å². The summed E-state index contributed by atoms with van der Waals surface area (Å²) in [6.07, 6.45) is 1.39. The molecule has 178 valence electrons. The molecule has 0 saturated carbocycles. The summed E-state index contributed by atoms with van der Waals surface area (Å²) in [7, 11) is 0. The van der Waals surface area contributed by atoms with Gasteiger partial charge in [-0.3, -0.25) is 9.59 Å². The molecule has 36 heavy (non-hydrogen) atoms. The van der Waals surface area contributed by atoms with E-state index in [2.05, 4.69) is 15.8 Å². The van der Waals surface area contributed by atoms with Gasteiger partial charge in [0.1, 0.15) is 5.75 Å². The van der Waals surface area contributed by atoms with Gasteiger partial charge in [-0.2, -0.15) is 5.10 Å². The largest absolute Gasteiger partial charge is 0.422 e. The predicted octanol–water partition coefficient (Wildman–Crippen LogP) is 5.23. The number of carbonyl (C=O) groups is 3. The molecule has 4 rings (SSSR count). The van der Waals surface area contributed by atoms with E-state index in [0.29, 0.717) is 28.1 Å². The fourth-order valence-corrected chi connectivity index (χ4v) is 3.41. The van der Waals surface area contributed by atoms with Gasteiger partial charge in [-0.25, -0.2) is 10.2 Å². The molecule has 0 aromatic heterocycles. The predicted molar refractivity (Wildman–Crippen MR) is 138 cm³/mol. The number of nitrogens with one attached hydrogen (secondary N) is 2. The summed E-state index contributed by atoms with van der Waals surface area (Å²) in [5.74, 6) is -1.03. The van der Waals surface area contributed by atoms with Crippen molar-refractivity contribution in [3.05, 3.63) is 131 Å². The van der Waals surface area contributed by atoms with E-state index in [0.717, 1.165) is 5.56 Å². The van der Waals surface area contributed by atoms with Crippen LogP contribution in [0.15, 0.2) is 108 Å². The number of esters is 1. The molecule has 0 spiro atoms. The van der Waals surface area contributed by atoms with Gasteiger partial charge in [0.15, 0.2) is 0 Å². The van der Waals surface area contributed by atoms with Gasteiger partial charge >= 0.3 is 5.97 Å². The molecule has 7 heteroatoms. The molecular formula is C29H23N3O4. The molecule has 0 aliphatic heterocycles. The van der Waals surface area contributed by atoms with Crippen LogP contribution in [0.3, 0.4) is 0 Å². The van der Waals surface area contributed by atoms with Crippen molar-refractivity contribution in [2.45, 2.75) is 6.92 Å². The van der Waals surface area contributed by atoms with E-state index in [1.807, 2.05) is 19.1 Å². The summed E-state index contributed by atoms with van der Waals surface area (Å²) < 4.78 is 5.54. The zero-order valence-corrected chi connectivity index (χ0v) is 19.5. The molecule has 2 amide bonds. The van der Waals surface area contributed by atoms with E-state index in [4.69, 9.17) is 4.74 Å². The van der Waals surface area contributed by atoms with Crippen LogP contribution in [0.1, 0.15) is 42.2 Å². The third-order valence-corrected chi connectivity index (χ3v) is 5.20. The highest BCUT2D eigenvalue weighted by Crippen LogP contribution is 2.19. The molecule has 0 radical (unpaired) electrons. The van der Waals surface area contributed by atoms with E-state index in [1.54, 1.807) is 91.0 Å². The number of para-hydroxylation sites is 2. The van der Waals surface area contributed by atoms with E-state index in [-0.39, 0.29) is 11.5 Å². The van der Waals surface area contributed by atoms with Crippen LogP contribution in [0.2, 0.25) is 0 Å². The van der Waals surface area contributed by atoms with Crippen molar-refractivity contribution in [2.24, 2.45) is 5.10 Å². The molecular weight excluding hydrogens is 454 g/mol. The lowest BCUT2D eigenvalue weighted by Crippen LogP contribution is -2.21. The number of anilines is 1. The fraction of sp³-hybridized carbons (Fsp3) is 0.0345. The molecule has 0 atom stereocenters. The summed E-state index contributed by atoms with van der Waals surface area (Å²) in [6, 6.07) is 29.3. The molecule has 7 nitrogen and oxygen atoms in total. The van der Waals surface area contributed by atoms with Crippen molar-refractivity contribution in [3.63, 3.8) is 0 Å². The average Bonchev–Trinajstić information content (AvgIpc) is 2.90. The number of ether oxygens (including phenoxy) is 1. The van der Waals surface area contributed by atoms with Gasteiger partial charge in [-0.1, -0.05) is 60.2 Å². The number of carbonyl (C=O) groups excluding carboxylic acids is 3. The molecule has 2 N–H and O–H groups in total. The molecule has 0 bridgehead atoms. The Morgan fingerprint density at radius 3 is 2.25 bits per heavy atom. The standard InChI is InChI=1S/C29H23N3O4/c1-20-10-9-14-22(18-20)29(35)36-26-17-8-5-13-23(26)19-30-32-28(34)24-15-6-7-16-25(24)31-27(33)21-11-3-2-4-12-21/h2-19H,1H3,(H,31,33)(H,32,34)/b30-19-. The molecule has 0 aliphatic carbocycles. The smallest absolute Gasteiger partial charge is 0.343 e. The van der Waals surface area contributed by atoms with Crippen LogP contribution in [-0.4, -0.2) is 24.0 Å². The minimum atomic E-state index is -0.510. The third-order valence-electron chi connectivity index (χ3n) is 5.20. The molecule has 4 aromatic carbocycles. The van der Waals surface area contributed by atoms with Crippen molar-refractivity contribution in [2.75, 3.05) is 5.32 Å². The van der Waals surface area contributed by atoms with Crippen LogP contribution in [0.5, 0.6) is 5.75 Å². The minimum Gasteiger partial charge on any atom is -0.422 e. The highest BCUT2D eigenvalue weighted by molar-refractivity contribution is 6.09. The number of hydrogen-bond donors (Lipinski definition) is 2. The quantitative estimate of drug-likeness (QED) is 0.165. The van der Waals surface area contributed by atoms with Crippen LogP contribution in [-0.2, 0) is 0 Å². The first-order chi connectivity index (χ1) is 17.5. The number of amides is 2. The number of hydrazone groups is 1. The Morgan fingerprint density at radius 1 is 0.750 bits per heavy atom. The molecule has 0 heterocycles. The van der Waals surface area contributed by atoms with E-state index in [9.17, 15) is 14.4 Å². The van der Waals surface area contributed by atoms with Gasteiger partial charge in [0, 0.05) is 11.1 Å². The summed E-state index contributed by atoms with van der Waals surface area (Å²) in [4.78, 5) is 37.9. The normalized spacial score (nSPS) is 10.6.